The van der Waals surface area contributed by atoms with Gasteiger partial charge in [0, 0.05) is 31.9 Å². The lowest BCUT2D eigenvalue weighted by atomic mass is 10.2. The Kier molecular flexibility index (Phi) is 6.02. The van der Waals surface area contributed by atoms with E-state index in [1.807, 2.05) is 19.0 Å². The second-order valence-electron chi connectivity index (χ2n) is 7.68. The minimum absolute atomic E-state index is 0.0316. The SMILES string of the molecule is CN(C)CCn1c(=O)oc2ccc(NC(=O)c3sccc3S(=O)(=O)N3CCCC3)cc21. The Hall–Kier alpha value is -2.47. The van der Waals surface area contributed by atoms with Crippen LogP contribution in [0.1, 0.15) is 22.5 Å². The first-order valence-electron chi connectivity index (χ1n) is 9.94. The molecule has 9 nitrogen and oxygen atoms in total. The van der Waals surface area contributed by atoms with E-state index in [4.69, 9.17) is 4.42 Å². The Morgan fingerprint density at radius 2 is 1.97 bits per heavy atom. The van der Waals surface area contributed by atoms with E-state index in [2.05, 4.69) is 5.32 Å². The molecule has 4 rings (SSSR count). The third-order valence-electron chi connectivity index (χ3n) is 5.21. The zero-order valence-corrected chi connectivity index (χ0v) is 19.0. The highest BCUT2D eigenvalue weighted by atomic mass is 32.2. The number of carbonyl (C=O) groups is 1. The van der Waals surface area contributed by atoms with Gasteiger partial charge in [0.15, 0.2) is 5.58 Å². The van der Waals surface area contributed by atoms with Crippen LogP contribution in [0.15, 0.2) is 43.8 Å². The standard InChI is InChI=1S/C20H24N4O5S2/c1-22(2)10-11-24-15-13-14(5-6-16(15)29-20(24)26)21-19(25)18-17(7-12-30-18)31(27,28)23-8-3-4-9-23/h5-7,12-13H,3-4,8-11H2,1-2H3,(H,21,25). The van der Waals surface area contributed by atoms with Crippen molar-refractivity contribution in [3.05, 3.63) is 45.1 Å². The highest BCUT2D eigenvalue weighted by molar-refractivity contribution is 7.89. The molecule has 0 radical (unpaired) electrons. The number of thiophene rings is 1. The molecular weight excluding hydrogens is 440 g/mol. The summed E-state index contributed by atoms with van der Waals surface area (Å²) in [5.41, 5.74) is 1.45. The van der Waals surface area contributed by atoms with Crippen molar-refractivity contribution >= 4 is 44.1 Å². The van der Waals surface area contributed by atoms with Gasteiger partial charge in [0.1, 0.15) is 9.77 Å². The second kappa shape index (κ2) is 8.58. The molecule has 166 valence electrons. The molecule has 1 aliphatic rings. The number of rotatable bonds is 7. The molecule has 1 aliphatic heterocycles. The minimum atomic E-state index is -3.70. The second-order valence-corrected chi connectivity index (χ2v) is 10.5. The van der Waals surface area contributed by atoms with Crippen LogP contribution < -0.4 is 11.1 Å². The molecule has 0 spiro atoms. The Balaban J connectivity index is 1.60. The van der Waals surface area contributed by atoms with Gasteiger partial charge in [-0.25, -0.2) is 13.2 Å². The highest BCUT2D eigenvalue weighted by Crippen LogP contribution is 2.28. The zero-order valence-electron chi connectivity index (χ0n) is 17.3. The van der Waals surface area contributed by atoms with Crippen LogP contribution >= 0.6 is 11.3 Å². The van der Waals surface area contributed by atoms with Crippen LogP contribution in [0.25, 0.3) is 11.1 Å². The summed E-state index contributed by atoms with van der Waals surface area (Å²) >= 11 is 1.09. The number of oxazole rings is 1. The number of sulfonamides is 1. The van der Waals surface area contributed by atoms with Gasteiger partial charge in [-0.1, -0.05) is 0 Å². The number of hydrogen-bond donors (Lipinski definition) is 1. The van der Waals surface area contributed by atoms with E-state index in [1.54, 1.807) is 23.6 Å². The number of hydrogen-bond acceptors (Lipinski definition) is 7. The number of carbonyl (C=O) groups excluding carboxylic acids is 1. The maximum Gasteiger partial charge on any atom is 0.419 e. The average molecular weight is 465 g/mol. The summed E-state index contributed by atoms with van der Waals surface area (Å²) in [4.78, 5) is 27.2. The van der Waals surface area contributed by atoms with E-state index < -0.39 is 21.7 Å². The van der Waals surface area contributed by atoms with Gasteiger partial charge in [-0.05, 0) is 56.6 Å². The van der Waals surface area contributed by atoms with Crippen LogP contribution in [-0.4, -0.2) is 61.8 Å². The van der Waals surface area contributed by atoms with Gasteiger partial charge < -0.3 is 14.6 Å². The maximum absolute atomic E-state index is 12.9. The van der Waals surface area contributed by atoms with Crippen molar-refractivity contribution in [3.63, 3.8) is 0 Å². The van der Waals surface area contributed by atoms with Gasteiger partial charge in [0.2, 0.25) is 10.0 Å². The predicted molar refractivity (Wildman–Crippen MR) is 119 cm³/mol. The number of anilines is 1. The molecular formula is C20H24N4O5S2. The van der Waals surface area contributed by atoms with E-state index >= 15 is 0 Å². The van der Waals surface area contributed by atoms with Gasteiger partial charge in [-0.15, -0.1) is 11.3 Å². The molecule has 2 aromatic heterocycles. The number of nitrogens with zero attached hydrogens (tertiary/aromatic N) is 3. The normalized spacial score (nSPS) is 15.2. The van der Waals surface area contributed by atoms with Crippen LogP contribution in [0.2, 0.25) is 0 Å². The van der Waals surface area contributed by atoms with Gasteiger partial charge >= 0.3 is 5.76 Å². The van der Waals surface area contributed by atoms with Crippen LogP contribution in [0.5, 0.6) is 0 Å². The summed E-state index contributed by atoms with van der Waals surface area (Å²) in [6, 6.07) is 6.39. The largest absolute Gasteiger partial charge is 0.419 e. The molecule has 11 heteroatoms. The minimum Gasteiger partial charge on any atom is -0.408 e. The number of fused-ring (bicyclic) bond motifs is 1. The van der Waals surface area contributed by atoms with Crippen LogP contribution in [0.4, 0.5) is 5.69 Å². The van der Waals surface area contributed by atoms with Crippen LogP contribution in [0, 0.1) is 0 Å². The summed E-state index contributed by atoms with van der Waals surface area (Å²) in [6.45, 7) is 2.04. The number of likely N-dealkylation sites (N-methyl/N-ethyl adjacent to an activating group) is 1. The molecule has 0 aliphatic carbocycles. The molecule has 1 saturated heterocycles. The first-order chi connectivity index (χ1) is 14.8. The molecule has 0 bridgehead atoms. The monoisotopic (exact) mass is 464 g/mol. The Bertz CT molecular complexity index is 1270. The van der Waals surface area contributed by atoms with E-state index in [0.717, 1.165) is 24.2 Å². The molecule has 1 aromatic carbocycles. The fourth-order valence-electron chi connectivity index (χ4n) is 3.57. The van der Waals surface area contributed by atoms with Crippen molar-refractivity contribution in [2.45, 2.75) is 24.3 Å². The van der Waals surface area contributed by atoms with Crippen molar-refractivity contribution < 1.29 is 17.6 Å². The number of amides is 1. The summed E-state index contributed by atoms with van der Waals surface area (Å²) in [7, 11) is 0.122. The lowest BCUT2D eigenvalue weighted by molar-refractivity contribution is 0.102. The van der Waals surface area contributed by atoms with Crippen molar-refractivity contribution in [2.75, 3.05) is 39.0 Å². The number of nitrogens with one attached hydrogen (secondary N) is 1. The summed E-state index contributed by atoms with van der Waals surface area (Å²) in [5.74, 6) is -0.963. The first-order valence-corrected chi connectivity index (χ1v) is 12.3. The fourth-order valence-corrected chi connectivity index (χ4v) is 6.39. The smallest absolute Gasteiger partial charge is 0.408 e. The topological polar surface area (TPSA) is 105 Å². The molecule has 0 saturated carbocycles. The lowest BCUT2D eigenvalue weighted by Crippen LogP contribution is -2.29. The van der Waals surface area contributed by atoms with E-state index in [0.29, 0.717) is 43.0 Å². The summed E-state index contributed by atoms with van der Waals surface area (Å²) in [6.07, 6.45) is 1.65. The summed E-state index contributed by atoms with van der Waals surface area (Å²) in [5, 5.41) is 4.37. The van der Waals surface area contributed by atoms with Gasteiger partial charge in [-0.2, -0.15) is 4.31 Å². The molecule has 3 aromatic rings. The fraction of sp³-hybridized carbons (Fsp3) is 0.400. The third-order valence-corrected chi connectivity index (χ3v) is 8.20. The van der Waals surface area contributed by atoms with Crippen molar-refractivity contribution in [1.82, 2.24) is 13.8 Å². The van der Waals surface area contributed by atoms with Gasteiger partial charge in [-0.3, -0.25) is 9.36 Å². The Morgan fingerprint density at radius 1 is 1.23 bits per heavy atom. The van der Waals surface area contributed by atoms with E-state index in [9.17, 15) is 18.0 Å². The molecule has 1 amide bonds. The summed E-state index contributed by atoms with van der Waals surface area (Å²) < 4.78 is 34.1. The van der Waals surface area contributed by atoms with Crippen molar-refractivity contribution in [1.29, 1.82) is 0 Å². The number of benzene rings is 1. The molecule has 0 atom stereocenters. The Morgan fingerprint density at radius 3 is 2.68 bits per heavy atom. The molecule has 1 fully saturated rings. The first kappa shape index (κ1) is 21.8. The van der Waals surface area contributed by atoms with Crippen LogP contribution in [-0.2, 0) is 16.6 Å². The van der Waals surface area contributed by atoms with E-state index in [-0.39, 0.29) is 9.77 Å². The maximum atomic E-state index is 12.9. The van der Waals surface area contributed by atoms with Gasteiger partial charge in [0.05, 0.1) is 5.52 Å². The average Bonchev–Trinajstić information content (AvgIpc) is 3.46. The van der Waals surface area contributed by atoms with Crippen molar-refractivity contribution in [2.24, 2.45) is 0 Å². The van der Waals surface area contributed by atoms with Crippen molar-refractivity contribution in [3.8, 4) is 0 Å². The number of aromatic nitrogens is 1. The molecule has 0 unspecified atom stereocenters. The Labute approximate surface area is 183 Å². The zero-order chi connectivity index (χ0) is 22.2. The molecule has 3 heterocycles. The lowest BCUT2D eigenvalue weighted by Gasteiger charge is -2.15. The van der Waals surface area contributed by atoms with E-state index in [1.165, 1.54) is 14.9 Å². The predicted octanol–water partition coefficient (Wildman–Crippen LogP) is 2.25. The van der Waals surface area contributed by atoms with Gasteiger partial charge in [0.25, 0.3) is 5.91 Å². The third kappa shape index (κ3) is 4.31. The van der Waals surface area contributed by atoms with Crippen LogP contribution in [0.3, 0.4) is 0 Å². The molecule has 1 N–H and O–H groups in total. The quantitative estimate of drug-likeness (QED) is 0.575. The molecule has 31 heavy (non-hydrogen) atoms. The highest BCUT2D eigenvalue weighted by Gasteiger charge is 2.31.